The highest BCUT2D eigenvalue weighted by molar-refractivity contribution is 5.90. The number of carbonyl (C=O) groups is 2. The zero-order valence-corrected chi connectivity index (χ0v) is 12.0. The highest BCUT2D eigenvalue weighted by Crippen LogP contribution is 2.19. The molecule has 7 nitrogen and oxygen atoms in total. The number of nitrogens with zero attached hydrogens (tertiary/aromatic N) is 1. The minimum Gasteiger partial charge on any atom is -0.449 e. The Morgan fingerprint density at radius 3 is 2.82 bits per heavy atom. The van der Waals surface area contributed by atoms with Crippen molar-refractivity contribution in [2.24, 2.45) is 0 Å². The van der Waals surface area contributed by atoms with Crippen LogP contribution in [0.4, 0.5) is 5.69 Å². The molecule has 1 N–H and O–H groups in total. The lowest BCUT2D eigenvalue weighted by Gasteiger charge is -2.11. The summed E-state index contributed by atoms with van der Waals surface area (Å²) in [4.78, 5) is 33.4. The molecule has 1 fully saturated rings. The van der Waals surface area contributed by atoms with Crippen molar-refractivity contribution in [2.45, 2.75) is 31.9 Å². The molecule has 1 aliphatic rings. The zero-order chi connectivity index (χ0) is 16.1. The molecule has 1 aromatic rings. The average molecular weight is 304 g/mol. The van der Waals surface area contributed by atoms with Crippen molar-refractivity contribution in [3.05, 3.63) is 46.0 Å². The molecule has 0 unspecified atom stereocenters. The SMILES string of the molecule is C[C@H](OC(=O)/C=C/c1cccc([N+](=O)[O-])c1)C(=O)NC1CC1. The van der Waals surface area contributed by atoms with Gasteiger partial charge in [-0.1, -0.05) is 12.1 Å². The summed E-state index contributed by atoms with van der Waals surface area (Å²) in [6.07, 6.45) is 3.58. The van der Waals surface area contributed by atoms with Crippen LogP contribution in [0.5, 0.6) is 0 Å². The normalized spacial score (nSPS) is 15.3. The smallest absolute Gasteiger partial charge is 0.331 e. The summed E-state index contributed by atoms with van der Waals surface area (Å²) >= 11 is 0. The van der Waals surface area contributed by atoms with E-state index in [2.05, 4.69) is 5.32 Å². The monoisotopic (exact) mass is 304 g/mol. The van der Waals surface area contributed by atoms with Gasteiger partial charge in [0.25, 0.3) is 11.6 Å². The van der Waals surface area contributed by atoms with Crippen LogP contribution in [-0.2, 0) is 14.3 Å². The molecule has 1 atom stereocenters. The molecular formula is C15H16N2O5. The number of esters is 1. The summed E-state index contributed by atoms with van der Waals surface area (Å²) in [5.41, 5.74) is 0.439. The van der Waals surface area contributed by atoms with Crippen LogP contribution in [0.3, 0.4) is 0 Å². The zero-order valence-electron chi connectivity index (χ0n) is 12.0. The number of ether oxygens (including phenoxy) is 1. The Morgan fingerprint density at radius 2 is 2.18 bits per heavy atom. The molecule has 0 aromatic heterocycles. The second-order valence-corrected chi connectivity index (χ2v) is 5.05. The van der Waals surface area contributed by atoms with E-state index in [0.29, 0.717) is 5.56 Å². The maximum absolute atomic E-state index is 11.6. The van der Waals surface area contributed by atoms with Crippen molar-refractivity contribution in [1.82, 2.24) is 5.32 Å². The lowest BCUT2D eigenvalue weighted by Crippen LogP contribution is -2.36. The van der Waals surface area contributed by atoms with Crippen LogP contribution < -0.4 is 5.32 Å². The number of nitrogens with one attached hydrogen (secondary N) is 1. The van der Waals surface area contributed by atoms with Gasteiger partial charge in [-0.25, -0.2) is 4.79 Å². The number of nitro groups is 1. The molecule has 0 bridgehead atoms. The number of non-ortho nitro benzene ring substituents is 1. The van der Waals surface area contributed by atoms with Gasteiger partial charge in [0.05, 0.1) is 4.92 Å². The summed E-state index contributed by atoms with van der Waals surface area (Å²) in [6, 6.07) is 6.05. The van der Waals surface area contributed by atoms with Crippen molar-refractivity contribution in [3.63, 3.8) is 0 Å². The molecule has 116 valence electrons. The van der Waals surface area contributed by atoms with E-state index in [4.69, 9.17) is 4.74 Å². The Hall–Kier alpha value is -2.70. The summed E-state index contributed by atoms with van der Waals surface area (Å²) in [5.74, 6) is -0.996. The largest absolute Gasteiger partial charge is 0.449 e. The van der Waals surface area contributed by atoms with Crippen molar-refractivity contribution < 1.29 is 19.2 Å². The molecule has 0 saturated heterocycles. The second kappa shape index (κ2) is 6.84. The molecule has 1 amide bonds. The Morgan fingerprint density at radius 1 is 1.45 bits per heavy atom. The van der Waals surface area contributed by atoms with Gasteiger partial charge in [0.2, 0.25) is 0 Å². The number of amides is 1. The third-order valence-electron chi connectivity index (χ3n) is 3.08. The first-order chi connectivity index (χ1) is 10.5. The van der Waals surface area contributed by atoms with Crippen LogP contribution in [0, 0.1) is 10.1 Å². The Kier molecular flexibility index (Phi) is 4.88. The summed E-state index contributed by atoms with van der Waals surface area (Å²) < 4.78 is 4.97. The summed E-state index contributed by atoms with van der Waals surface area (Å²) in [5, 5.41) is 13.4. The standard InChI is InChI=1S/C15H16N2O5/c1-10(15(19)16-12-6-7-12)22-14(18)8-5-11-3-2-4-13(9-11)17(20)21/h2-5,8-10,12H,6-7H2,1H3,(H,16,19)/b8-5+/t10-/m0/s1. The molecule has 1 aromatic carbocycles. The van der Waals surface area contributed by atoms with Gasteiger partial charge in [-0.15, -0.1) is 0 Å². The maximum Gasteiger partial charge on any atom is 0.331 e. The second-order valence-electron chi connectivity index (χ2n) is 5.05. The van der Waals surface area contributed by atoms with Crippen LogP contribution in [0.2, 0.25) is 0 Å². The minimum atomic E-state index is -0.872. The summed E-state index contributed by atoms with van der Waals surface area (Å²) in [6.45, 7) is 1.50. The van der Waals surface area contributed by atoms with Gasteiger partial charge in [-0.05, 0) is 31.4 Å². The molecule has 0 radical (unpaired) electrons. The number of rotatable bonds is 6. The molecule has 1 saturated carbocycles. The van der Waals surface area contributed by atoms with Gasteiger partial charge in [0.15, 0.2) is 6.10 Å². The van der Waals surface area contributed by atoms with Gasteiger partial charge < -0.3 is 10.1 Å². The third kappa shape index (κ3) is 4.69. The van der Waals surface area contributed by atoms with Crippen LogP contribution in [0.15, 0.2) is 30.3 Å². The van der Waals surface area contributed by atoms with E-state index in [0.717, 1.165) is 18.9 Å². The predicted octanol–water partition coefficient (Wildman–Crippen LogP) is 1.82. The van der Waals surface area contributed by atoms with Crippen LogP contribution >= 0.6 is 0 Å². The van der Waals surface area contributed by atoms with E-state index >= 15 is 0 Å². The predicted molar refractivity (Wildman–Crippen MR) is 78.8 cm³/mol. The lowest BCUT2D eigenvalue weighted by atomic mass is 10.2. The molecule has 0 spiro atoms. The Balaban J connectivity index is 1.88. The van der Waals surface area contributed by atoms with Crippen LogP contribution in [0.25, 0.3) is 6.08 Å². The fourth-order valence-corrected chi connectivity index (χ4v) is 1.72. The highest BCUT2D eigenvalue weighted by atomic mass is 16.6. The van der Waals surface area contributed by atoms with E-state index < -0.39 is 17.0 Å². The van der Waals surface area contributed by atoms with Gasteiger partial charge in [0, 0.05) is 24.3 Å². The van der Waals surface area contributed by atoms with E-state index in [-0.39, 0.29) is 17.6 Å². The molecule has 7 heteroatoms. The number of carbonyl (C=O) groups excluding carboxylic acids is 2. The lowest BCUT2D eigenvalue weighted by molar-refractivity contribution is -0.384. The molecule has 0 aliphatic heterocycles. The summed E-state index contributed by atoms with van der Waals surface area (Å²) in [7, 11) is 0. The maximum atomic E-state index is 11.6. The van der Waals surface area contributed by atoms with Gasteiger partial charge in [0.1, 0.15) is 0 Å². The first-order valence-electron chi connectivity index (χ1n) is 6.89. The van der Waals surface area contributed by atoms with Crippen LogP contribution in [-0.4, -0.2) is 28.9 Å². The van der Waals surface area contributed by atoms with E-state index in [1.54, 1.807) is 6.07 Å². The first kappa shape index (κ1) is 15.7. The van der Waals surface area contributed by atoms with E-state index in [1.165, 1.54) is 31.2 Å². The van der Waals surface area contributed by atoms with E-state index in [1.807, 2.05) is 0 Å². The quantitative estimate of drug-likeness (QED) is 0.374. The van der Waals surface area contributed by atoms with Gasteiger partial charge >= 0.3 is 5.97 Å². The average Bonchev–Trinajstić information content (AvgIpc) is 3.29. The molecule has 1 aliphatic carbocycles. The van der Waals surface area contributed by atoms with Crippen molar-refractivity contribution in [1.29, 1.82) is 0 Å². The fourth-order valence-electron chi connectivity index (χ4n) is 1.72. The third-order valence-corrected chi connectivity index (χ3v) is 3.08. The van der Waals surface area contributed by atoms with Gasteiger partial charge in [-0.2, -0.15) is 0 Å². The van der Waals surface area contributed by atoms with Gasteiger partial charge in [-0.3, -0.25) is 14.9 Å². The number of hydrogen-bond donors (Lipinski definition) is 1. The van der Waals surface area contributed by atoms with Crippen molar-refractivity contribution in [3.8, 4) is 0 Å². The number of nitro benzene ring substituents is 1. The van der Waals surface area contributed by atoms with Crippen molar-refractivity contribution >= 4 is 23.6 Å². The minimum absolute atomic E-state index is 0.0623. The molecule has 0 heterocycles. The van der Waals surface area contributed by atoms with E-state index in [9.17, 15) is 19.7 Å². The number of benzene rings is 1. The molecule has 2 rings (SSSR count). The van der Waals surface area contributed by atoms with Crippen LogP contribution in [0.1, 0.15) is 25.3 Å². The number of hydrogen-bond acceptors (Lipinski definition) is 5. The Labute approximate surface area is 127 Å². The molecule has 22 heavy (non-hydrogen) atoms. The molecular weight excluding hydrogens is 288 g/mol. The fraction of sp³-hybridized carbons (Fsp3) is 0.333. The van der Waals surface area contributed by atoms with Crippen molar-refractivity contribution in [2.75, 3.05) is 0 Å². The topological polar surface area (TPSA) is 98.5 Å². The highest BCUT2D eigenvalue weighted by Gasteiger charge is 2.26. The Bertz CT molecular complexity index is 622. The first-order valence-corrected chi connectivity index (χ1v) is 6.89.